The quantitative estimate of drug-likeness (QED) is 0.0981. The Hall–Kier alpha value is -6.86. The van der Waals surface area contributed by atoms with Crippen LogP contribution in [0.4, 0.5) is 29.0 Å². The maximum Gasteiger partial charge on any atom is 0.281 e. The number of pyridine rings is 6. The van der Waals surface area contributed by atoms with Gasteiger partial charge < -0.3 is 34.8 Å². The standard InChI is InChI=1S/C33H45N7O4S.C29H35BrN6O3S.C5H12O/c1-32(2,3)27-16-13-24-30(36-27)40-21-22(19-33(40,4)5)11-14-26(25-15-12-23(20-34-25)39(6)17-18-44-7)35-28-9-8-10-29(37-28)45(42,43)38-31(24)41;1-28(2,3)23-14-11-20-26(33-23)36-17-18(15-29(36,4)5)9-12-22(21-13-10-19(30)16-31-21)32-24-7-6-8-25(34-24)40(38,39)35-27(20)37;1-3-4-5-6-2/h8-10,12-13,15-16,20,22,26H,11,14,17-19,21H2,1-7H3,(H,35,37)(H,38,41);6-8,10-11,13-14,16,18,22H,9,12,15,17H2,1-5H3,(H,32,34)(H,35,37);3-5H2,1-2H3/t22-,26?;18-,22?;/m00./s1. The van der Waals surface area contributed by atoms with Crippen LogP contribution in [-0.4, -0.2) is 124 Å². The first kappa shape index (κ1) is 70.0. The number of hydrogen-bond acceptors (Lipinski definition) is 19. The van der Waals surface area contributed by atoms with Crippen molar-refractivity contribution in [1.29, 1.82) is 0 Å². The van der Waals surface area contributed by atoms with Crippen molar-refractivity contribution >= 4 is 76.7 Å². The summed E-state index contributed by atoms with van der Waals surface area (Å²) in [6.45, 7) is 26.8. The zero-order valence-electron chi connectivity index (χ0n) is 55.2. The lowest BCUT2D eigenvalue weighted by atomic mass is 9.90. The van der Waals surface area contributed by atoms with Gasteiger partial charge in [-0.2, -0.15) is 16.8 Å². The summed E-state index contributed by atoms with van der Waals surface area (Å²) < 4.78 is 69.0. The fraction of sp³-hybridized carbons (Fsp3) is 0.522. The van der Waals surface area contributed by atoms with Gasteiger partial charge in [-0.15, -0.1) is 0 Å². The Labute approximate surface area is 547 Å². The number of carbonyl (C=O) groups excluding carboxylic acids is 2. The monoisotopic (exact) mass is 1350 g/mol. The number of nitrogens with zero attached hydrogens (tertiary/aromatic N) is 9. The number of rotatable bonds is 9. The van der Waals surface area contributed by atoms with Crippen molar-refractivity contribution in [3.63, 3.8) is 0 Å². The summed E-state index contributed by atoms with van der Waals surface area (Å²) in [6, 6.07) is 24.0. The highest BCUT2D eigenvalue weighted by Crippen LogP contribution is 2.44. The van der Waals surface area contributed by atoms with Crippen LogP contribution >= 0.6 is 15.9 Å². The Balaban J connectivity index is 0.000000216. The second-order valence-corrected chi connectivity index (χ2v) is 31.5. The van der Waals surface area contributed by atoms with Crippen molar-refractivity contribution in [3.05, 3.63) is 136 Å². The van der Waals surface area contributed by atoms with Crippen LogP contribution in [0.25, 0.3) is 0 Å². The molecule has 2 unspecified atom stereocenters. The Morgan fingerprint density at radius 2 is 1.05 bits per heavy atom. The van der Waals surface area contributed by atoms with E-state index in [2.05, 4.69) is 142 Å². The van der Waals surface area contributed by atoms with Gasteiger partial charge in [-0.25, -0.2) is 29.4 Å². The van der Waals surface area contributed by atoms with Gasteiger partial charge in [0, 0.05) is 91.5 Å². The number of unbranched alkanes of at least 4 members (excludes halogenated alkanes) is 1. The van der Waals surface area contributed by atoms with Crippen molar-refractivity contribution in [3.8, 4) is 0 Å². The summed E-state index contributed by atoms with van der Waals surface area (Å²) in [5, 5.41) is 6.35. The summed E-state index contributed by atoms with van der Waals surface area (Å²) in [5.74, 6) is 0.979. The number of anilines is 5. The van der Waals surface area contributed by atoms with E-state index in [0.717, 1.165) is 84.6 Å². The lowest BCUT2D eigenvalue weighted by molar-refractivity contribution is 0.0972. The Bertz CT molecular complexity index is 3730. The average molecular weight is 1350 g/mol. The molecular weight excluding hydrogens is 1260 g/mol. The number of aromatic nitrogens is 6. The van der Waals surface area contributed by atoms with Crippen molar-refractivity contribution < 1.29 is 35.9 Å². The molecule has 10 heterocycles. The van der Waals surface area contributed by atoms with Crippen LogP contribution in [0, 0.1) is 11.8 Å². The summed E-state index contributed by atoms with van der Waals surface area (Å²) in [5.41, 5.74) is 3.66. The molecule has 2 amide bonds. The highest BCUT2D eigenvalue weighted by Gasteiger charge is 2.44. The predicted molar refractivity (Wildman–Crippen MR) is 362 cm³/mol. The van der Waals surface area contributed by atoms with Crippen molar-refractivity contribution in [1.82, 2.24) is 39.3 Å². The molecule has 6 aromatic heterocycles. The maximum absolute atomic E-state index is 13.7. The van der Waals surface area contributed by atoms with Crippen LogP contribution in [0.15, 0.2) is 112 Å². The Morgan fingerprint density at radius 1 is 0.604 bits per heavy atom. The molecule has 0 saturated carbocycles. The van der Waals surface area contributed by atoms with Gasteiger partial charge in [0.25, 0.3) is 31.9 Å². The molecule has 492 valence electrons. The number of fused-ring (bicyclic) bond motifs is 12. The molecule has 4 N–H and O–H groups in total. The second kappa shape index (κ2) is 29.0. The summed E-state index contributed by atoms with van der Waals surface area (Å²) in [7, 11) is -3.13. The summed E-state index contributed by atoms with van der Waals surface area (Å²) in [4.78, 5) is 61.8. The van der Waals surface area contributed by atoms with Crippen LogP contribution < -0.4 is 34.8 Å². The zero-order chi connectivity index (χ0) is 66.3. The average Bonchev–Trinajstić information content (AvgIpc) is 1.73. The molecule has 8 bridgehead atoms. The number of nitrogens with one attached hydrogen (secondary N) is 4. The van der Waals surface area contributed by atoms with Gasteiger partial charge in [0.15, 0.2) is 10.1 Å². The molecule has 4 aliphatic heterocycles. The van der Waals surface area contributed by atoms with Gasteiger partial charge >= 0.3 is 0 Å². The van der Waals surface area contributed by atoms with Crippen LogP contribution in [0.2, 0.25) is 0 Å². The van der Waals surface area contributed by atoms with Crippen molar-refractivity contribution in [2.45, 2.75) is 172 Å². The first-order valence-electron chi connectivity index (χ1n) is 31.3. The molecule has 2 saturated heterocycles. The minimum absolute atomic E-state index is 0.187. The molecule has 0 spiro atoms. The van der Waals surface area contributed by atoms with Crippen LogP contribution in [0.1, 0.15) is 183 Å². The summed E-state index contributed by atoms with van der Waals surface area (Å²) >= 11 is 3.45. The number of methoxy groups -OCH3 is 2. The minimum Gasteiger partial charge on any atom is -0.385 e. The molecule has 24 heteroatoms. The van der Waals surface area contributed by atoms with E-state index >= 15 is 0 Å². The number of ether oxygens (including phenoxy) is 2. The molecule has 0 aliphatic carbocycles. The second-order valence-electron chi connectivity index (χ2n) is 27.4. The normalized spacial score (nSPS) is 20.9. The molecule has 91 heavy (non-hydrogen) atoms. The van der Waals surface area contributed by atoms with Gasteiger partial charge in [0.05, 0.1) is 53.1 Å². The number of halogens is 1. The molecule has 10 rings (SSSR count). The van der Waals surface area contributed by atoms with E-state index < -0.39 is 31.9 Å². The van der Waals surface area contributed by atoms with E-state index in [-0.39, 0.29) is 55.2 Å². The third kappa shape index (κ3) is 17.6. The van der Waals surface area contributed by atoms with Crippen molar-refractivity contribution in [2.24, 2.45) is 11.8 Å². The summed E-state index contributed by atoms with van der Waals surface area (Å²) in [6.07, 6.45) is 11.1. The third-order valence-corrected chi connectivity index (χ3v) is 20.0. The third-order valence-electron chi connectivity index (χ3n) is 17.0. The van der Waals surface area contributed by atoms with Gasteiger partial charge in [-0.1, -0.05) is 67.0 Å². The van der Waals surface area contributed by atoms with Crippen LogP contribution in [-0.2, 0) is 40.4 Å². The predicted octanol–water partition coefficient (Wildman–Crippen LogP) is 12.0. The van der Waals surface area contributed by atoms with E-state index in [4.69, 9.17) is 24.4 Å². The number of hydrogen-bond donors (Lipinski definition) is 4. The van der Waals surface area contributed by atoms with E-state index in [1.165, 1.54) is 25.0 Å². The van der Waals surface area contributed by atoms with E-state index in [0.29, 0.717) is 54.8 Å². The zero-order valence-corrected chi connectivity index (χ0v) is 58.4. The first-order valence-corrected chi connectivity index (χ1v) is 35.0. The molecule has 0 radical (unpaired) electrons. The molecule has 6 aromatic rings. The van der Waals surface area contributed by atoms with Crippen LogP contribution in [0.3, 0.4) is 0 Å². The topological polar surface area (TPSA) is 256 Å². The number of likely N-dealkylation sites (N-methyl/N-ethyl adjacent to an activating group) is 1. The molecule has 4 atom stereocenters. The van der Waals surface area contributed by atoms with E-state index in [1.54, 1.807) is 68.9 Å². The van der Waals surface area contributed by atoms with Gasteiger partial charge in [0.1, 0.15) is 23.3 Å². The fourth-order valence-corrected chi connectivity index (χ4v) is 14.1. The lowest BCUT2D eigenvalue weighted by Crippen LogP contribution is -2.41. The molecule has 4 aliphatic rings. The van der Waals surface area contributed by atoms with E-state index in [1.807, 2.05) is 37.5 Å². The SMILES string of the molecule is CC(C)(C)c1ccc2c(n1)N1C[C@@H](CCC(c3ccc(Br)cn3)Nc3cccc(n3)S(=O)(=O)NC2=O)CC1(C)C.CCCCOC.COCCN(C)c1ccc(C2CC[C@@H]3CN(c4nc(C(C)(C)C)ccc4C(=O)NS(=O)(=O)c4cccc(n4)N2)C(C)(C)C3)nc1. The number of carbonyl (C=O) groups is 2. The number of sulfonamides is 2. The maximum atomic E-state index is 13.7. The highest BCUT2D eigenvalue weighted by molar-refractivity contribution is 9.10. The first-order chi connectivity index (χ1) is 42.8. The molecular formula is C67H92BrN13O8S2. The lowest BCUT2D eigenvalue weighted by Gasteiger charge is -2.34. The molecule has 0 aromatic carbocycles. The smallest absolute Gasteiger partial charge is 0.281 e. The Morgan fingerprint density at radius 3 is 1.44 bits per heavy atom. The Kier molecular flexibility index (Phi) is 22.3. The van der Waals surface area contributed by atoms with Crippen molar-refractivity contribution in [2.75, 3.05) is 79.4 Å². The van der Waals surface area contributed by atoms with Gasteiger partial charge in [-0.3, -0.25) is 19.6 Å². The minimum atomic E-state index is -4.29. The molecule has 2 fully saturated rings. The highest BCUT2D eigenvalue weighted by atomic mass is 79.9. The van der Waals surface area contributed by atoms with Gasteiger partial charge in [-0.05, 0) is 173 Å². The van der Waals surface area contributed by atoms with Gasteiger partial charge in [0.2, 0.25) is 0 Å². The van der Waals surface area contributed by atoms with Crippen LogP contribution in [0.5, 0.6) is 0 Å². The number of amides is 2. The fourth-order valence-electron chi connectivity index (χ4n) is 12.0. The van der Waals surface area contributed by atoms with E-state index in [9.17, 15) is 26.4 Å². The molecule has 21 nitrogen and oxygen atoms in total. The largest absolute Gasteiger partial charge is 0.385 e.